The number of carbonyl (C=O) groups excluding carboxylic acids is 2. The Morgan fingerprint density at radius 3 is 2.15 bits per heavy atom. The van der Waals surface area contributed by atoms with E-state index < -0.39 is 18.1 Å². The molecule has 27 heavy (non-hydrogen) atoms. The molecule has 2 aliphatic rings. The molecular formula is C20H18N2O5. The molecule has 0 saturated carbocycles. The van der Waals surface area contributed by atoms with Crippen LogP contribution < -0.4 is 0 Å². The molecule has 1 heterocycles. The van der Waals surface area contributed by atoms with Crippen LogP contribution in [0.1, 0.15) is 17.0 Å². The molecule has 0 spiro atoms. The van der Waals surface area contributed by atoms with Crippen molar-refractivity contribution in [1.29, 1.82) is 0 Å². The first kappa shape index (κ1) is 17.1. The van der Waals surface area contributed by atoms with Gasteiger partial charge in [-0.05, 0) is 22.3 Å². The van der Waals surface area contributed by atoms with Crippen molar-refractivity contribution in [2.45, 2.75) is 5.92 Å². The fourth-order valence-corrected chi connectivity index (χ4v) is 3.72. The van der Waals surface area contributed by atoms with Gasteiger partial charge in [-0.3, -0.25) is 9.69 Å². The molecule has 1 aliphatic carbocycles. The van der Waals surface area contributed by atoms with Gasteiger partial charge in [0.25, 0.3) is 5.91 Å². The number of benzene rings is 2. The maximum atomic E-state index is 12.4. The summed E-state index contributed by atoms with van der Waals surface area (Å²) in [5, 5.41) is 8.94. The lowest BCUT2D eigenvalue weighted by Gasteiger charge is -2.31. The minimum atomic E-state index is -1.30. The van der Waals surface area contributed by atoms with E-state index in [0.717, 1.165) is 22.3 Å². The van der Waals surface area contributed by atoms with Crippen LogP contribution in [0.15, 0.2) is 48.5 Å². The van der Waals surface area contributed by atoms with Crippen LogP contribution in [-0.4, -0.2) is 59.2 Å². The van der Waals surface area contributed by atoms with Crippen molar-refractivity contribution in [2.24, 2.45) is 0 Å². The number of ether oxygens (including phenoxy) is 1. The highest BCUT2D eigenvalue weighted by atomic mass is 16.6. The third-order valence-electron chi connectivity index (χ3n) is 5.05. The van der Waals surface area contributed by atoms with Gasteiger partial charge >= 0.3 is 12.2 Å². The number of nitrogens with zero attached hydrogens (tertiary/aromatic N) is 2. The van der Waals surface area contributed by atoms with Crippen molar-refractivity contribution >= 4 is 18.1 Å². The standard InChI is InChI=1S/C20H18N2O5/c23-18-11-21(9-10-22(18)19(24)25)20(26)27-12-17-15-7-3-1-5-13(15)14-6-2-4-8-16(14)17/h1-8,17H,9-12H2,(H,24,25). The van der Waals surface area contributed by atoms with Crippen LogP contribution in [0.4, 0.5) is 9.59 Å². The second-order valence-corrected chi connectivity index (χ2v) is 6.55. The van der Waals surface area contributed by atoms with Gasteiger partial charge in [0.1, 0.15) is 13.2 Å². The highest BCUT2D eigenvalue weighted by molar-refractivity contribution is 5.94. The lowest BCUT2D eigenvalue weighted by Crippen LogP contribution is -2.54. The van der Waals surface area contributed by atoms with Crippen molar-refractivity contribution in [3.8, 4) is 11.1 Å². The minimum absolute atomic E-state index is 0.0433. The summed E-state index contributed by atoms with van der Waals surface area (Å²) in [5.74, 6) is -0.681. The van der Waals surface area contributed by atoms with E-state index >= 15 is 0 Å². The molecule has 3 amide bonds. The lowest BCUT2D eigenvalue weighted by molar-refractivity contribution is -0.132. The Hall–Kier alpha value is -3.35. The number of carbonyl (C=O) groups is 3. The summed E-state index contributed by atoms with van der Waals surface area (Å²) in [5.41, 5.74) is 4.50. The van der Waals surface area contributed by atoms with Crippen molar-refractivity contribution in [3.05, 3.63) is 59.7 Å². The zero-order valence-corrected chi connectivity index (χ0v) is 14.5. The molecule has 7 heteroatoms. The minimum Gasteiger partial charge on any atom is -0.465 e. The van der Waals surface area contributed by atoms with Gasteiger partial charge in [-0.2, -0.15) is 0 Å². The molecule has 138 valence electrons. The van der Waals surface area contributed by atoms with E-state index in [0.29, 0.717) is 4.90 Å². The number of imide groups is 1. The average molecular weight is 366 g/mol. The first-order valence-corrected chi connectivity index (χ1v) is 8.69. The van der Waals surface area contributed by atoms with Crippen LogP contribution in [-0.2, 0) is 9.53 Å². The van der Waals surface area contributed by atoms with E-state index in [4.69, 9.17) is 9.84 Å². The summed E-state index contributed by atoms with van der Waals surface area (Å²) >= 11 is 0. The molecule has 4 rings (SSSR count). The maximum Gasteiger partial charge on any atom is 0.414 e. The summed E-state index contributed by atoms with van der Waals surface area (Å²) in [6, 6.07) is 16.1. The average Bonchev–Trinajstić information content (AvgIpc) is 2.99. The van der Waals surface area contributed by atoms with E-state index in [1.807, 2.05) is 36.4 Å². The SMILES string of the molecule is O=C(OCC1c2ccccc2-c2ccccc21)N1CCN(C(=O)O)C(=O)C1. The quantitative estimate of drug-likeness (QED) is 0.883. The first-order valence-electron chi connectivity index (χ1n) is 8.69. The Morgan fingerprint density at radius 1 is 1.00 bits per heavy atom. The number of carboxylic acid groups (broad SMARTS) is 1. The number of hydrogen-bond acceptors (Lipinski definition) is 4. The van der Waals surface area contributed by atoms with Gasteiger partial charge in [0, 0.05) is 19.0 Å². The van der Waals surface area contributed by atoms with Gasteiger partial charge in [0.05, 0.1) is 0 Å². The van der Waals surface area contributed by atoms with Crippen LogP contribution in [0.25, 0.3) is 11.1 Å². The Kier molecular flexibility index (Phi) is 4.27. The molecule has 1 saturated heterocycles. The largest absolute Gasteiger partial charge is 0.465 e. The highest BCUT2D eigenvalue weighted by Crippen LogP contribution is 2.44. The van der Waals surface area contributed by atoms with E-state index in [9.17, 15) is 14.4 Å². The Labute approximate surface area is 155 Å². The second-order valence-electron chi connectivity index (χ2n) is 6.55. The second kappa shape index (κ2) is 6.75. The van der Waals surface area contributed by atoms with Crippen molar-refractivity contribution in [3.63, 3.8) is 0 Å². The number of amides is 3. The normalized spacial score (nSPS) is 16.1. The molecule has 2 aromatic carbocycles. The monoisotopic (exact) mass is 366 g/mol. The van der Waals surface area contributed by atoms with E-state index in [-0.39, 0.29) is 32.2 Å². The molecule has 0 aromatic heterocycles. The highest BCUT2D eigenvalue weighted by Gasteiger charge is 2.33. The summed E-state index contributed by atoms with van der Waals surface area (Å²) in [6.07, 6.45) is -1.90. The fourth-order valence-electron chi connectivity index (χ4n) is 3.72. The van der Waals surface area contributed by atoms with E-state index in [1.165, 1.54) is 4.90 Å². The van der Waals surface area contributed by atoms with Crippen LogP contribution >= 0.6 is 0 Å². The molecule has 7 nitrogen and oxygen atoms in total. The summed E-state index contributed by atoms with van der Waals surface area (Å²) < 4.78 is 5.49. The molecule has 1 fully saturated rings. The fraction of sp³-hybridized carbons (Fsp3) is 0.250. The van der Waals surface area contributed by atoms with Crippen LogP contribution in [0.3, 0.4) is 0 Å². The maximum absolute atomic E-state index is 12.4. The predicted octanol–water partition coefficient (Wildman–Crippen LogP) is 2.76. The van der Waals surface area contributed by atoms with Gasteiger partial charge in [0.15, 0.2) is 0 Å². The van der Waals surface area contributed by atoms with Crippen LogP contribution in [0.2, 0.25) is 0 Å². The van der Waals surface area contributed by atoms with Gasteiger partial charge < -0.3 is 9.84 Å². The summed E-state index contributed by atoms with van der Waals surface area (Å²) in [4.78, 5) is 37.1. The molecule has 1 N–H and O–H groups in total. The van der Waals surface area contributed by atoms with Gasteiger partial charge in [-0.15, -0.1) is 0 Å². The van der Waals surface area contributed by atoms with E-state index in [1.54, 1.807) is 0 Å². The van der Waals surface area contributed by atoms with Crippen molar-refractivity contribution < 1.29 is 24.2 Å². The van der Waals surface area contributed by atoms with Gasteiger partial charge in [0.2, 0.25) is 0 Å². The number of fused-ring (bicyclic) bond motifs is 3. The van der Waals surface area contributed by atoms with Gasteiger partial charge in [-0.1, -0.05) is 48.5 Å². The third-order valence-corrected chi connectivity index (χ3v) is 5.05. The van der Waals surface area contributed by atoms with Crippen LogP contribution in [0, 0.1) is 0 Å². The molecule has 2 aromatic rings. The number of rotatable bonds is 2. The smallest absolute Gasteiger partial charge is 0.414 e. The topological polar surface area (TPSA) is 87.2 Å². The zero-order chi connectivity index (χ0) is 19.0. The Morgan fingerprint density at radius 2 is 1.59 bits per heavy atom. The molecule has 0 unspecified atom stereocenters. The molecule has 0 bridgehead atoms. The molecule has 0 radical (unpaired) electrons. The first-order chi connectivity index (χ1) is 13.1. The summed E-state index contributed by atoms with van der Waals surface area (Å²) in [6.45, 7) is -0.0315. The molecule has 1 aliphatic heterocycles. The molecular weight excluding hydrogens is 348 g/mol. The van der Waals surface area contributed by atoms with Crippen molar-refractivity contribution in [2.75, 3.05) is 26.2 Å². The van der Waals surface area contributed by atoms with Crippen LogP contribution in [0.5, 0.6) is 0 Å². The van der Waals surface area contributed by atoms with Crippen molar-refractivity contribution in [1.82, 2.24) is 9.80 Å². The summed E-state index contributed by atoms with van der Waals surface area (Å²) in [7, 11) is 0. The van der Waals surface area contributed by atoms with Gasteiger partial charge in [-0.25, -0.2) is 14.5 Å². The number of piperazine rings is 1. The predicted molar refractivity (Wildman–Crippen MR) is 96.4 cm³/mol. The van der Waals surface area contributed by atoms with E-state index in [2.05, 4.69) is 12.1 Å². The Balaban J connectivity index is 1.46. The third kappa shape index (κ3) is 3.01. The zero-order valence-electron chi connectivity index (χ0n) is 14.5. The number of hydrogen-bond donors (Lipinski definition) is 1. The lowest BCUT2D eigenvalue weighted by atomic mass is 9.98. The molecule has 0 atom stereocenters. The Bertz CT molecular complexity index is 881.